The number of nitrogens with two attached hydrogens (primary N) is 1. The van der Waals surface area contributed by atoms with Gasteiger partial charge in [-0.05, 0) is 37.3 Å². The lowest BCUT2D eigenvalue weighted by atomic mass is 9.90. The predicted molar refractivity (Wildman–Crippen MR) is 83.4 cm³/mol. The largest absolute Gasteiger partial charge is 0.384 e. The number of rotatable bonds is 6. The van der Waals surface area contributed by atoms with E-state index in [4.69, 9.17) is 5.73 Å². The molecule has 1 aromatic rings. The molecule has 0 bridgehead atoms. The maximum absolute atomic E-state index is 10.8. The highest BCUT2D eigenvalue weighted by Crippen LogP contribution is 2.28. The lowest BCUT2D eigenvalue weighted by molar-refractivity contribution is 0.0223. The fourth-order valence-electron chi connectivity index (χ4n) is 3.33. The van der Waals surface area contributed by atoms with Crippen molar-refractivity contribution >= 4 is 0 Å². The number of benzene rings is 1. The number of nitrogens with zero attached hydrogens (tertiary/aromatic N) is 1. The Balaban J connectivity index is 2.00. The van der Waals surface area contributed by atoms with Gasteiger partial charge in [0.05, 0.1) is 0 Å². The van der Waals surface area contributed by atoms with Crippen LogP contribution in [0.2, 0.25) is 0 Å². The molecule has 0 aromatic heterocycles. The summed E-state index contributed by atoms with van der Waals surface area (Å²) >= 11 is 0. The minimum atomic E-state index is -0.897. The van der Waals surface area contributed by atoms with Crippen LogP contribution in [0.25, 0.3) is 0 Å². The average molecular weight is 276 g/mol. The molecule has 1 aliphatic rings. The van der Waals surface area contributed by atoms with Gasteiger partial charge in [-0.15, -0.1) is 0 Å². The van der Waals surface area contributed by atoms with Crippen LogP contribution in [0.5, 0.6) is 0 Å². The Morgan fingerprint density at radius 1 is 1.35 bits per heavy atom. The average Bonchev–Trinajstić information content (AvgIpc) is 2.94. The van der Waals surface area contributed by atoms with Crippen molar-refractivity contribution in [3.63, 3.8) is 0 Å². The first-order valence-corrected chi connectivity index (χ1v) is 7.79. The molecule has 3 N–H and O–H groups in total. The molecular weight excluding hydrogens is 248 g/mol. The number of hydrogen-bond acceptors (Lipinski definition) is 3. The number of hydrogen-bond donors (Lipinski definition) is 2. The first-order chi connectivity index (χ1) is 9.57. The number of aliphatic hydroxyl groups is 1. The van der Waals surface area contributed by atoms with Crippen LogP contribution in [0.3, 0.4) is 0 Å². The molecule has 0 amide bonds. The third-order valence-corrected chi connectivity index (χ3v) is 4.65. The molecule has 1 aromatic carbocycles. The Morgan fingerprint density at radius 2 is 2.05 bits per heavy atom. The van der Waals surface area contributed by atoms with E-state index in [9.17, 15) is 5.11 Å². The van der Waals surface area contributed by atoms with E-state index in [1.165, 1.54) is 12.8 Å². The van der Waals surface area contributed by atoms with Gasteiger partial charge in [-0.3, -0.25) is 0 Å². The second kappa shape index (κ2) is 6.70. The van der Waals surface area contributed by atoms with Gasteiger partial charge in [-0.2, -0.15) is 0 Å². The van der Waals surface area contributed by atoms with Crippen LogP contribution in [0.1, 0.15) is 38.7 Å². The standard InChI is InChI=1S/C17H28N2O/c1-14(2)16-9-6-11-19(16)12-10-17(20,13-18)15-7-4-3-5-8-15/h3-5,7-8,14,16,20H,6,9-13,18H2,1-2H3. The minimum absolute atomic E-state index is 0.275. The zero-order chi connectivity index (χ0) is 14.6. The van der Waals surface area contributed by atoms with Gasteiger partial charge < -0.3 is 15.7 Å². The van der Waals surface area contributed by atoms with Gasteiger partial charge in [0.15, 0.2) is 0 Å². The second-order valence-electron chi connectivity index (χ2n) is 6.34. The molecule has 2 rings (SSSR count). The van der Waals surface area contributed by atoms with E-state index in [0.717, 1.165) is 18.7 Å². The van der Waals surface area contributed by atoms with Crippen LogP contribution in [0, 0.1) is 5.92 Å². The highest BCUT2D eigenvalue weighted by atomic mass is 16.3. The van der Waals surface area contributed by atoms with Gasteiger partial charge in [0.1, 0.15) is 5.60 Å². The van der Waals surface area contributed by atoms with Crippen molar-refractivity contribution in [2.24, 2.45) is 11.7 Å². The van der Waals surface area contributed by atoms with E-state index in [1.54, 1.807) is 0 Å². The van der Waals surface area contributed by atoms with Crippen molar-refractivity contribution in [1.29, 1.82) is 0 Å². The SMILES string of the molecule is CC(C)C1CCCN1CCC(O)(CN)c1ccccc1. The van der Waals surface area contributed by atoms with Crippen molar-refractivity contribution in [1.82, 2.24) is 4.90 Å². The summed E-state index contributed by atoms with van der Waals surface area (Å²) in [6, 6.07) is 10.5. The lowest BCUT2D eigenvalue weighted by Crippen LogP contribution is -2.41. The monoisotopic (exact) mass is 276 g/mol. The normalized spacial score (nSPS) is 23.1. The Kier molecular flexibility index (Phi) is 5.19. The quantitative estimate of drug-likeness (QED) is 0.838. The van der Waals surface area contributed by atoms with Crippen LogP contribution in [-0.4, -0.2) is 35.7 Å². The summed E-state index contributed by atoms with van der Waals surface area (Å²) in [6.45, 7) is 6.92. The molecule has 0 aliphatic carbocycles. The topological polar surface area (TPSA) is 49.5 Å². The zero-order valence-electron chi connectivity index (χ0n) is 12.8. The zero-order valence-corrected chi connectivity index (χ0v) is 12.8. The molecule has 1 fully saturated rings. The van der Waals surface area contributed by atoms with Crippen molar-refractivity contribution in [2.75, 3.05) is 19.6 Å². The molecular formula is C17H28N2O. The van der Waals surface area contributed by atoms with E-state index in [-0.39, 0.29) is 6.54 Å². The molecule has 1 heterocycles. The van der Waals surface area contributed by atoms with E-state index in [1.807, 2.05) is 30.3 Å². The summed E-state index contributed by atoms with van der Waals surface area (Å²) < 4.78 is 0. The summed E-state index contributed by atoms with van der Waals surface area (Å²) in [5.74, 6) is 0.681. The molecule has 0 saturated carbocycles. The molecule has 2 unspecified atom stereocenters. The van der Waals surface area contributed by atoms with Gasteiger partial charge in [-0.25, -0.2) is 0 Å². The van der Waals surface area contributed by atoms with Crippen LogP contribution < -0.4 is 5.73 Å². The highest BCUT2D eigenvalue weighted by Gasteiger charge is 2.32. The summed E-state index contributed by atoms with van der Waals surface area (Å²) in [7, 11) is 0. The summed E-state index contributed by atoms with van der Waals surface area (Å²) in [6.07, 6.45) is 3.26. The van der Waals surface area contributed by atoms with Crippen LogP contribution in [0.4, 0.5) is 0 Å². The van der Waals surface area contributed by atoms with Gasteiger partial charge in [0, 0.05) is 19.1 Å². The Morgan fingerprint density at radius 3 is 2.65 bits per heavy atom. The molecule has 1 aliphatic heterocycles. The predicted octanol–water partition coefficient (Wildman–Crippen LogP) is 2.34. The minimum Gasteiger partial charge on any atom is -0.384 e. The van der Waals surface area contributed by atoms with Crippen molar-refractivity contribution in [3.05, 3.63) is 35.9 Å². The van der Waals surface area contributed by atoms with E-state index < -0.39 is 5.60 Å². The summed E-state index contributed by atoms with van der Waals surface area (Å²) in [4.78, 5) is 2.52. The van der Waals surface area contributed by atoms with E-state index in [2.05, 4.69) is 18.7 Å². The van der Waals surface area contributed by atoms with E-state index in [0.29, 0.717) is 18.4 Å². The van der Waals surface area contributed by atoms with Crippen LogP contribution in [-0.2, 0) is 5.60 Å². The van der Waals surface area contributed by atoms with Crippen molar-refractivity contribution in [3.8, 4) is 0 Å². The van der Waals surface area contributed by atoms with Gasteiger partial charge in [0.25, 0.3) is 0 Å². The first kappa shape index (κ1) is 15.5. The molecule has 0 spiro atoms. The molecule has 2 atom stereocenters. The molecule has 20 heavy (non-hydrogen) atoms. The van der Waals surface area contributed by atoms with Crippen LogP contribution in [0.15, 0.2) is 30.3 Å². The maximum Gasteiger partial charge on any atom is 0.103 e. The molecule has 112 valence electrons. The smallest absolute Gasteiger partial charge is 0.103 e. The van der Waals surface area contributed by atoms with Crippen LogP contribution >= 0.6 is 0 Å². The molecule has 3 nitrogen and oxygen atoms in total. The van der Waals surface area contributed by atoms with Gasteiger partial charge in [-0.1, -0.05) is 44.2 Å². The molecule has 1 saturated heterocycles. The first-order valence-electron chi connectivity index (χ1n) is 7.79. The summed E-state index contributed by atoms with van der Waals surface area (Å²) in [5.41, 5.74) is 5.89. The molecule has 0 radical (unpaired) electrons. The fraction of sp³-hybridized carbons (Fsp3) is 0.647. The van der Waals surface area contributed by atoms with Gasteiger partial charge >= 0.3 is 0 Å². The second-order valence-corrected chi connectivity index (χ2v) is 6.34. The van der Waals surface area contributed by atoms with Crippen molar-refractivity contribution in [2.45, 2.75) is 44.8 Å². The van der Waals surface area contributed by atoms with E-state index >= 15 is 0 Å². The van der Waals surface area contributed by atoms with Gasteiger partial charge in [0.2, 0.25) is 0 Å². The Labute approximate surface area is 122 Å². The lowest BCUT2D eigenvalue weighted by Gasteiger charge is -2.33. The third kappa shape index (κ3) is 3.40. The third-order valence-electron chi connectivity index (χ3n) is 4.65. The molecule has 3 heteroatoms. The fourth-order valence-corrected chi connectivity index (χ4v) is 3.33. The number of likely N-dealkylation sites (tertiary alicyclic amines) is 1. The Hall–Kier alpha value is -0.900. The van der Waals surface area contributed by atoms with Crippen molar-refractivity contribution < 1.29 is 5.11 Å². The highest BCUT2D eigenvalue weighted by molar-refractivity contribution is 5.22. The Bertz CT molecular complexity index is 407. The summed E-state index contributed by atoms with van der Waals surface area (Å²) in [5, 5.41) is 10.8. The maximum atomic E-state index is 10.8.